The van der Waals surface area contributed by atoms with E-state index in [4.69, 9.17) is 0 Å². The van der Waals surface area contributed by atoms with Crippen molar-refractivity contribution in [1.82, 2.24) is 0 Å². The highest BCUT2D eigenvalue weighted by molar-refractivity contribution is 5.00. The molecule has 0 aromatic rings. The maximum Gasteiger partial charge on any atom is 0.462 e. The maximum absolute atomic E-state index is 14.5. The fraction of sp³-hybridized carbons (Fsp3) is 1.00. The largest absolute Gasteiger partial charge is 0.462 e. The third-order valence-corrected chi connectivity index (χ3v) is 5.26. The van der Waals surface area contributed by atoms with Gasteiger partial charge in [-0.2, -0.15) is 149 Å². The summed E-state index contributed by atoms with van der Waals surface area (Å²) >= 11 is 0. The third-order valence-electron chi connectivity index (χ3n) is 5.26. The summed E-state index contributed by atoms with van der Waals surface area (Å²) in [6, 6.07) is 0. The number of halogens is 35. The van der Waals surface area contributed by atoms with Crippen LogP contribution in [0, 0.1) is 0 Å². The van der Waals surface area contributed by atoms with Gasteiger partial charge < -0.3 is 0 Å². The van der Waals surface area contributed by atoms with Crippen molar-refractivity contribution in [3.8, 4) is 0 Å². The minimum Gasteiger partial charge on any atom is -0.272 e. The molecule has 0 spiro atoms. The molecule has 57 heavy (non-hydrogen) atoms. The van der Waals surface area contributed by atoms with Crippen molar-refractivity contribution in [2.24, 2.45) is 0 Å². The monoisotopic (exact) mass is 950 g/mol. The zero-order valence-electron chi connectivity index (χ0n) is 23.8. The molecule has 0 aliphatic carbocycles. The lowest BCUT2D eigenvalue weighted by molar-refractivity contribution is -0.599. The molecule has 0 radical (unpaired) electrons. The minimum atomic E-state index is -9.53. The predicted octanol–water partition coefficient (Wildman–Crippen LogP) is 11.0. The first kappa shape index (κ1) is 54.3. The molecule has 0 aliphatic rings. The lowest BCUT2D eigenvalue weighted by Crippen LogP contribution is -2.72. The molecule has 0 heterocycles. The van der Waals surface area contributed by atoms with Crippen molar-refractivity contribution in [3.05, 3.63) is 0 Å². The molecule has 0 aromatic carbocycles. The van der Waals surface area contributed by atoms with Crippen molar-refractivity contribution in [1.29, 1.82) is 0 Å². The number of hydrogen-bond donors (Lipinski definition) is 0. The first-order valence-electron chi connectivity index (χ1n) is 11.5. The molecule has 0 aromatic heterocycles. The molecular formula is C17HF35O5. The fourth-order valence-electron chi connectivity index (χ4n) is 2.53. The zero-order valence-corrected chi connectivity index (χ0v) is 23.8. The van der Waals surface area contributed by atoms with Crippen LogP contribution in [0.15, 0.2) is 0 Å². The van der Waals surface area contributed by atoms with Crippen LogP contribution in [0.25, 0.3) is 0 Å². The highest BCUT2D eigenvalue weighted by Crippen LogP contribution is 2.62. The Balaban J connectivity index is 7.87. The molecule has 0 aliphatic heterocycles. The Morgan fingerprint density at radius 3 is 0.614 bits per heavy atom. The van der Waals surface area contributed by atoms with E-state index in [0.717, 1.165) is 9.47 Å². The number of ether oxygens (including phenoxy) is 5. The molecule has 5 atom stereocenters. The van der Waals surface area contributed by atoms with Gasteiger partial charge in [0.05, 0.1) is 0 Å². The topological polar surface area (TPSA) is 46.2 Å². The zero-order chi connectivity index (χ0) is 47.1. The smallest absolute Gasteiger partial charge is 0.272 e. The quantitative estimate of drug-likeness (QED) is 0.153. The van der Waals surface area contributed by atoms with Crippen LogP contribution in [0.3, 0.4) is 0 Å². The molecule has 0 bridgehead atoms. The molecule has 344 valence electrons. The van der Waals surface area contributed by atoms with Gasteiger partial charge in [0.25, 0.3) is 6.36 Å². The van der Waals surface area contributed by atoms with E-state index in [1.807, 2.05) is 0 Å². The Labute approximate surface area is 282 Å². The van der Waals surface area contributed by atoms with Crippen molar-refractivity contribution in [2.75, 3.05) is 0 Å². The van der Waals surface area contributed by atoms with Gasteiger partial charge in [-0.3, -0.25) is 23.7 Å². The van der Waals surface area contributed by atoms with Crippen LogP contribution < -0.4 is 0 Å². The molecule has 0 unspecified atom stereocenters. The summed E-state index contributed by atoms with van der Waals surface area (Å²) in [4.78, 5) is 0. The van der Waals surface area contributed by atoms with E-state index in [9.17, 15) is 154 Å². The first-order valence-corrected chi connectivity index (χ1v) is 11.5. The normalized spacial score (nSPS) is 20.7. The van der Waals surface area contributed by atoms with Gasteiger partial charge in [0.15, 0.2) is 0 Å². The Kier molecular flexibility index (Phi) is 13.6. The summed E-state index contributed by atoms with van der Waals surface area (Å²) in [6.45, 7) is 0. The van der Waals surface area contributed by atoms with E-state index >= 15 is 0 Å². The second kappa shape index (κ2) is 14.2. The van der Waals surface area contributed by atoms with Crippen molar-refractivity contribution >= 4 is 0 Å². The van der Waals surface area contributed by atoms with Crippen LogP contribution in [0.2, 0.25) is 0 Å². The highest BCUT2D eigenvalue weighted by Gasteiger charge is 2.91. The van der Waals surface area contributed by atoms with Crippen LogP contribution >= 0.6 is 0 Å². The molecule has 40 heteroatoms. The number of rotatable bonds is 15. The standard InChI is InChI=1S/C17HF35O5/c18-1(2(19,20)21)53-14(45,46)4(24,9(31,32)33)55-16(49,50)6(26,11(37,38)39)57-17(51,52)7(27,12(40,41)42)56-15(47,48)5(25,10(34,35)36)54-13(43,44)3(22,23)8(28,29)30/h1H/t1-,4-,5+,6-,7-/m1/s1. The lowest BCUT2D eigenvalue weighted by atomic mass is 10.2. The van der Waals surface area contributed by atoms with Crippen molar-refractivity contribution < 1.29 is 177 Å². The van der Waals surface area contributed by atoms with Crippen molar-refractivity contribution in [3.63, 3.8) is 0 Å². The van der Waals surface area contributed by atoms with E-state index in [1.165, 1.54) is 4.74 Å². The van der Waals surface area contributed by atoms with Crippen LogP contribution in [0.5, 0.6) is 0 Å². The summed E-state index contributed by atoms with van der Waals surface area (Å²) in [5.74, 6) is -45.6. The van der Waals surface area contributed by atoms with Gasteiger partial charge in [-0.15, -0.1) is 0 Å². The maximum atomic E-state index is 14.5. The average Bonchev–Trinajstić information content (AvgIpc) is 2.87. The van der Waals surface area contributed by atoms with Crippen molar-refractivity contribution in [2.45, 2.75) is 103 Å². The van der Waals surface area contributed by atoms with Gasteiger partial charge in [0, 0.05) is 0 Å². The second-order valence-corrected chi connectivity index (χ2v) is 9.41. The molecule has 0 saturated heterocycles. The first-order chi connectivity index (χ1) is 24.0. The summed E-state index contributed by atoms with van der Waals surface area (Å²) in [5, 5.41) is 0. The summed E-state index contributed by atoms with van der Waals surface area (Å²) < 4.78 is 467. The molecule has 0 saturated carbocycles. The second-order valence-electron chi connectivity index (χ2n) is 9.41. The van der Waals surface area contributed by atoms with E-state index in [-0.39, 0.29) is 0 Å². The minimum absolute atomic E-state index is 0.705. The predicted molar refractivity (Wildman–Crippen MR) is 91.7 cm³/mol. The Morgan fingerprint density at radius 1 is 0.246 bits per heavy atom. The molecule has 0 rings (SSSR count). The van der Waals surface area contributed by atoms with Gasteiger partial charge >= 0.3 is 96.9 Å². The fourth-order valence-corrected chi connectivity index (χ4v) is 2.53. The molecule has 5 nitrogen and oxygen atoms in total. The van der Waals surface area contributed by atoms with Gasteiger partial charge in [-0.05, 0) is 0 Å². The Hall–Kier alpha value is -2.65. The van der Waals surface area contributed by atoms with Gasteiger partial charge in [0.2, 0.25) is 0 Å². The Morgan fingerprint density at radius 2 is 0.439 bits per heavy atom. The summed E-state index contributed by atoms with van der Waals surface area (Å²) in [5.41, 5.74) is 0. The van der Waals surface area contributed by atoms with E-state index in [1.54, 1.807) is 0 Å². The number of hydrogen-bond acceptors (Lipinski definition) is 5. The van der Waals surface area contributed by atoms with Crippen LogP contribution in [-0.2, 0) is 23.7 Å². The summed E-state index contributed by atoms with van der Waals surface area (Å²) in [6.07, 6.45) is -103. The van der Waals surface area contributed by atoms with Crippen LogP contribution in [-0.4, -0.2) is 103 Å². The number of alkyl halides is 35. The molecular weight excluding hydrogens is 949 g/mol. The summed E-state index contributed by atoms with van der Waals surface area (Å²) in [7, 11) is 0. The third kappa shape index (κ3) is 9.40. The molecule has 0 N–H and O–H groups in total. The molecule has 0 amide bonds. The van der Waals surface area contributed by atoms with Gasteiger partial charge in [-0.1, -0.05) is 0 Å². The van der Waals surface area contributed by atoms with E-state index in [0.29, 0.717) is 9.47 Å². The SMILES string of the molecule is F[C@H](OC(F)(F)[C@](F)(OC(F)(F)[C@](F)(OC(F)(F)[C@](F)(OC(F)(F)[C@@](F)(OC(F)(F)C(F)(F)C(F)(F)F)C(F)(F)F)C(F)(F)F)C(F)(F)F)C(F)(F)F)C(F)(F)F. The Bertz CT molecular complexity index is 1380. The lowest BCUT2D eigenvalue weighted by Gasteiger charge is -2.44. The van der Waals surface area contributed by atoms with E-state index in [2.05, 4.69) is 0 Å². The molecule has 0 fully saturated rings. The van der Waals surface area contributed by atoms with Gasteiger partial charge in [-0.25, -0.2) is 4.39 Å². The van der Waals surface area contributed by atoms with E-state index < -0.39 is 103 Å². The highest BCUT2D eigenvalue weighted by atomic mass is 19.5. The average molecular weight is 950 g/mol. The van der Waals surface area contributed by atoms with Crippen LogP contribution in [0.4, 0.5) is 154 Å². The van der Waals surface area contributed by atoms with Crippen LogP contribution in [0.1, 0.15) is 0 Å². The van der Waals surface area contributed by atoms with Gasteiger partial charge in [0.1, 0.15) is 0 Å².